The molecule has 5 rings (SSSR count). The first-order valence-corrected chi connectivity index (χ1v) is 15.6. The Morgan fingerprint density at radius 3 is 2.61 bits per heavy atom. The molecule has 1 aliphatic heterocycles. The lowest BCUT2D eigenvalue weighted by atomic mass is 10.0. The van der Waals surface area contributed by atoms with Crippen LogP contribution in [-0.2, 0) is 21.2 Å². The number of nitrogens with zero attached hydrogens (tertiary/aromatic N) is 4. The third-order valence-electron chi connectivity index (χ3n) is 7.06. The number of ether oxygens (including phenoxy) is 1. The summed E-state index contributed by atoms with van der Waals surface area (Å²) in [5.41, 5.74) is 2.43. The first-order chi connectivity index (χ1) is 19.9. The third-order valence-corrected chi connectivity index (χ3v) is 9.68. The summed E-state index contributed by atoms with van der Waals surface area (Å²) in [4.78, 5) is 22.0. The summed E-state index contributed by atoms with van der Waals surface area (Å²) in [5, 5.41) is 9.97. The molecule has 1 unspecified atom stereocenters. The van der Waals surface area contributed by atoms with Gasteiger partial charge in [-0.3, -0.25) is 9.69 Å². The molecule has 2 heterocycles. The van der Waals surface area contributed by atoms with Crippen LogP contribution in [0.25, 0.3) is 10.2 Å². The standard InChI is InChI=1S/C30H31N5O4S2/c1-39-17-16-34-12-14-35(15-13-34)30(36)24-8-5-9-25(20-24)41(37,38)33-27(19-22-6-4-7-23(18-22)21-31)29-32-26-10-2-3-11-28(26)40-29/h2-11,18,20,27,33H,12-17,19H2,1H3. The molecule has 1 amide bonds. The SMILES string of the molecule is COCCN1CCN(C(=O)c2cccc(S(=O)(=O)NC(Cc3cccc(C#N)c3)c3nc4ccccc4s3)c2)CC1. The molecule has 11 heteroatoms. The number of nitrogens with one attached hydrogen (secondary N) is 1. The highest BCUT2D eigenvalue weighted by atomic mass is 32.2. The number of rotatable bonds is 10. The Kier molecular flexibility index (Phi) is 9.07. The van der Waals surface area contributed by atoms with Gasteiger partial charge in [-0.15, -0.1) is 11.3 Å². The number of hydrogen-bond acceptors (Lipinski definition) is 8. The van der Waals surface area contributed by atoms with Crippen molar-refractivity contribution < 1.29 is 17.9 Å². The van der Waals surface area contributed by atoms with Crippen LogP contribution < -0.4 is 4.72 Å². The number of benzene rings is 3. The van der Waals surface area contributed by atoms with E-state index in [2.05, 4.69) is 15.7 Å². The third kappa shape index (κ3) is 6.98. The fourth-order valence-corrected chi connectivity index (χ4v) is 7.19. The van der Waals surface area contributed by atoms with Crippen molar-refractivity contribution in [1.82, 2.24) is 19.5 Å². The van der Waals surface area contributed by atoms with Crippen molar-refractivity contribution in [2.45, 2.75) is 17.4 Å². The molecule has 0 bridgehead atoms. The number of aromatic nitrogens is 1. The van der Waals surface area contributed by atoms with E-state index in [1.54, 1.807) is 42.3 Å². The summed E-state index contributed by atoms with van der Waals surface area (Å²) in [7, 11) is -2.36. The summed E-state index contributed by atoms with van der Waals surface area (Å²) in [6.07, 6.45) is 0.306. The van der Waals surface area contributed by atoms with Crippen molar-refractivity contribution in [3.63, 3.8) is 0 Å². The molecule has 3 aromatic carbocycles. The van der Waals surface area contributed by atoms with E-state index in [4.69, 9.17) is 9.72 Å². The van der Waals surface area contributed by atoms with Crippen LogP contribution in [0.15, 0.2) is 77.7 Å². The summed E-state index contributed by atoms with van der Waals surface area (Å²) in [5.74, 6) is -0.190. The highest BCUT2D eigenvalue weighted by Crippen LogP contribution is 2.30. The number of para-hydroxylation sites is 1. The number of sulfonamides is 1. The molecule has 9 nitrogen and oxygen atoms in total. The average molecular weight is 590 g/mol. The Balaban J connectivity index is 1.38. The fourth-order valence-electron chi connectivity index (χ4n) is 4.85. The summed E-state index contributed by atoms with van der Waals surface area (Å²) in [6, 6.07) is 22.4. The van der Waals surface area contributed by atoms with Gasteiger partial charge in [0.15, 0.2) is 0 Å². The van der Waals surface area contributed by atoms with Gasteiger partial charge in [0.05, 0.1) is 39.4 Å². The molecule has 0 radical (unpaired) electrons. The van der Waals surface area contributed by atoms with Crippen molar-refractivity contribution in [3.05, 3.63) is 94.5 Å². The topological polar surface area (TPSA) is 116 Å². The van der Waals surface area contributed by atoms with Crippen LogP contribution in [0, 0.1) is 11.3 Å². The molecule has 212 valence electrons. The van der Waals surface area contributed by atoms with Crippen LogP contribution in [0.5, 0.6) is 0 Å². The maximum Gasteiger partial charge on any atom is 0.253 e. The summed E-state index contributed by atoms with van der Waals surface area (Å²) >= 11 is 1.43. The van der Waals surface area contributed by atoms with Gasteiger partial charge in [-0.1, -0.05) is 30.3 Å². The van der Waals surface area contributed by atoms with Gasteiger partial charge in [0.25, 0.3) is 5.91 Å². The maximum atomic E-state index is 13.7. The number of carbonyl (C=O) groups is 1. The van der Waals surface area contributed by atoms with E-state index in [-0.39, 0.29) is 10.8 Å². The van der Waals surface area contributed by atoms with Crippen LogP contribution in [-0.4, -0.2) is 75.5 Å². The van der Waals surface area contributed by atoms with Gasteiger partial charge in [-0.05, 0) is 54.4 Å². The van der Waals surface area contributed by atoms with Gasteiger partial charge < -0.3 is 9.64 Å². The Morgan fingerprint density at radius 1 is 1.07 bits per heavy atom. The maximum absolute atomic E-state index is 13.7. The second kappa shape index (κ2) is 12.9. The molecule has 1 atom stereocenters. The van der Waals surface area contributed by atoms with Gasteiger partial charge in [-0.25, -0.2) is 18.1 Å². The van der Waals surface area contributed by atoms with Crippen molar-refractivity contribution in [3.8, 4) is 6.07 Å². The van der Waals surface area contributed by atoms with Gasteiger partial charge in [0.2, 0.25) is 10.0 Å². The number of fused-ring (bicyclic) bond motifs is 1. The van der Waals surface area contributed by atoms with Crippen molar-refractivity contribution in [2.24, 2.45) is 0 Å². The predicted octanol–water partition coefficient (Wildman–Crippen LogP) is 3.83. The monoisotopic (exact) mass is 589 g/mol. The molecule has 4 aromatic rings. The second-order valence-corrected chi connectivity index (χ2v) is 12.6. The van der Waals surface area contributed by atoms with E-state index < -0.39 is 16.1 Å². The average Bonchev–Trinajstić information content (AvgIpc) is 3.44. The largest absolute Gasteiger partial charge is 0.383 e. The molecule has 1 aliphatic rings. The van der Waals surface area contributed by atoms with Gasteiger partial charge in [-0.2, -0.15) is 5.26 Å². The molecule has 1 N–H and O–H groups in total. The van der Waals surface area contributed by atoms with Gasteiger partial charge in [0.1, 0.15) is 5.01 Å². The van der Waals surface area contributed by atoms with Crippen molar-refractivity contribution in [1.29, 1.82) is 5.26 Å². The van der Waals surface area contributed by atoms with E-state index in [1.165, 1.54) is 23.5 Å². The molecule has 1 saturated heterocycles. The lowest BCUT2D eigenvalue weighted by molar-refractivity contribution is 0.0594. The zero-order chi connectivity index (χ0) is 28.8. The number of thiazole rings is 1. The predicted molar refractivity (Wildman–Crippen MR) is 158 cm³/mol. The summed E-state index contributed by atoms with van der Waals surface area (Å²) < 4.78 is 36.4. The first kappa shape index (κ1) is 28.9. The molecular weight excluding hydrogens is 558 g/mol. The first-order valence-electron chi connectivity index (χ1n) is 13.3. The quantitative estimate of drug-likeness (QED) is 0.299. The van der Waals surface area contributed by atoms with Gasteiger partial charge >= 0.3 is 0 Å². The Morgan fingerprint density at radius 2 is 1.85 bits per heavy atom. The highest BCUT2D eigenvalue weighted by Gasteiger charge is 2.27. The zero-order valence-corrected chi connectivity index (χ0v) is 24.3. The highest BCUT2D eigenvalue weighted by molar-refractivity contribution is 7.89. The minimum absolute atomic E-state index is 0.0129. The fraction of sp³-hybridized carbons (Fsp3) is 0.300. The summed E-state index contributed by atoms with van der Waals surface area (Å²) in [6.45, 7) is 4.08. The van der Waals surface area contributed by atoms with E-state index in [0.717, 1.165) is 35.4 Å². The molecule has 41 heavy (non-hydrogen) atoms. The minimum Gasteiger partial charge on any atom is -0.383 e. The molecule has 1 aromatic heterocycles. The van der Waals surface area contributed by atoms with Crippen LogP contribution in [0.3, 0.4) is 0 Å². The van der Waals surface area contributed by atoms with E-state index in [0.29, 0.717) is 42.3 Å². The number of hydrogen-bond donors (Lipinski definition) is 1. The van der Waals surface area contributed by atoms with Crippen LogP contribution in [0.4, 0.5) is 0 Å². The Bertz CT molecular complexity index is 1640. The Hall–Kier alpha value is -3.66. The molecule has 0 saturated carbocycles. The lowest BCUT2D eigenvalue weighted by Crippen LogP contribution is -2.49. The van der Waals surface area contributed by atoms with Gasteiger partial charge in [0, 0.05) is 45.4 Å². The number of piperazine rings is 1. The smallest absolute Gasteiger partial charge is 0.253 e. The molecule has 1 fully saturated rings. The van der Waals surface area contributed by atoms with Crippen LogP contribution in [0.1, 0.15) is 32.5 Å². The number of nitriles is 1. The van der Waals surface area contributed by atoms with E-state index in [9.17, 15) is 18.5 Å². The van der Waals surface area contributed by atoms with Crippen molar-refractivity contribution in [2.75, 3.05) is 46.4 Å². The molecule has 0 spiro atoms. The number of amides is 1. The normalized spacial score (nSPS) is 15.1. The second-order valence-electron chi connectivity index (χ2n) is 9.86. The van der Waals surface area contributed by atoms with Crippen molar-refractivity contribution >= 4 is 37.5 Å². The van der Waals surface area contributed by atoms with E-state index in [1.807, 2.05) is 30.3 Å². The minimum atomic E-state index is -4.03. The number of carbonyl (C=O) groups excluding carboxylic acids is 1. The zero-order valence-electron chi connectivity index (χ0n) is 22.7. The van der Waals surface area contributed by atoms with Crippen LogP contribution in [0.2, 0.25) is 0 Å². The Labute approximate surface area is 244 Å². The molecular formula is C30H31N5O4S2. The van der Waals surface area contributed by atoms with Crippen LogP contribution >= 0.6 is 11.3 Å². The van der Waals surface area contributed by atoms with E-state index >= 15 is 0 Å². The lowest BCUT2D eigenvalue weighted by Gasteiger charge is -2.34. The number of methoxy groups -OCH3 is 1. The molecule has 0 aliphatic carbocycles.